The largest absolute Gasteiger partial charge is 0.443 e. The Labute approximate surface area is 99.5 Å². The van der Waals surface area contributed by atoms with Crippen molar-refractivity contribution in [1.82, 2.24) is 4.31 Å². The third-order valence-electron chi connectivity index (χ3n) is 1.61. The summed E-state index contributed by atoms with van der Waals surface area (Å²) >= 11 is 0. The summed E-state index contributed by atoms with van der Waals surface area (Å²) in [5, 5.41) is 8.49. The molecule has 0 aromatic carbocycles. The molecule has 0 bridgehead atoms. The van der Waals surface area contributed by atoms with Crippen LogP contribution >= 0.6 is 0 Å². The van der Waals surface area contributed by atoms with Crippen molar-refractivity contribution in [3.8, 4) is 6.07 Å². The number of allylic oxidation sites excluding steroid dienone is 1. The summed E-state index contributed by atoms with van der Waals surface area (Å²) in [6, 6.07) is 1.55. The highest BCUT2D eigenvalue weighted by molar-refractivity contribution is 7.85. The highest BCUT2D eigenvalue weighted by atomic mass is 32.2. The van der Waals surface area contributed by atoms with E-state index < -0.39 is 22.0 Å². The van der Waals surface area contributed by atoms with Crippen LogP contribution in [0.3, 0.4) is 0 Å². The number of hydrogen-bond donors (Lipinski definition) is 0. The van der Waals surface area contributed by atoms with Crippen molar-refractivity contribution >= 4 is 16.4 Å². The number of nitrogens with zero attached hydrogens (tertiary/aromatic N) is 2. The lowest BCUT2D eigenvalue weighted by Crippen LogP contribution is -2.43. The fourth-order valence-electron chi connectivity index (χ4n) is 0.993. The minimum absolute atomic E-state index is 0.278. The van der Waals surface area contributed by atoms with E-state index in [1.54, 1.807) is 26.8 Å². The fraction of sp³-hybridized carbons (Fsp3) is 0.556. The molecule has 7 nitrogen and oxygen atoms in total. The van der Waals surface area contributed by atoms with E-state index in [9.17, 15) is 13.2 Å². The molecule has 1 aliphatic rings. The smallest absolute Gasteiger partial charge is 0.427 e. The van der Waals surface area contributed by atoms with Gasteiger partial charge in [0, 0.05) is 0 Å². The zero-order valence-electron chi connectivity index (χ0n) is 9.63. The van der Waals surface area contributed by atoms with Gasteiger partial charge in [0.1, 0.15) is 11.7 Å². The van der Waals surface area contributed by atoms with Crippen LogP contribution in [0.4, 0.5) is 4.79 Å². The second-order valence-corrected chi connectivity index (χ2v) is 5.70. The summed E-state index contributed by atoms with van der Waals surface area (Å²) < 4.78 is 32.7. The van der Waals surface area contributed by atoms with Gasteiger partial charge in [-0.15, -0.1) is 0 Å². The summed E-state index contributed by atoms with van der Waals surface area (Å²) in [6.07, 6.45) is 0.149. The molecule has 1 heterocycles. The highest BCUT2D eigenvalue weighted by Crippen LogP contribution is 2.19. The third-order valence-corrected chi connectivity index (χ3v) is 2.84. The molecule has 0 saturated carbocycles. The number of rotatable bonds is 0. The molecule has 0 N–H and O–H groups in total. The molecule has 0 aromatic rings. The Kier molecular flexibility index (Phi) is 3.33. The van der Waals surface area contributed by atoms with Crippen LogP contribution in [0.15, 0.2) is 11.8 Å². The van der Waals surface area contributed by atoms with E-state index in [1.807, 2.05) is 0 Å². The SMILES string of the molecule is CC(C)(C)OC(=O)N1CC=C(C#N)OS1(=O)=O. The fourth-order valence-corrected chi connectivity index (χ4v) is 1.89. The molecular formula is C9H12N2O5S. The molecule has 0 aliphatic carbocycles. The topological polar surface area (TPSA) is 96.7 Å². The van der Waals surface area contributed by atoms with Gasteiger partial charge in [-0.25, -0.2) is 4.79 Å². The van der Waals surface area contributed by atoms with E-state index in [0.717, 1.165) is 0 Å². The molecule has 1 rings (SSSR count). The third kappa shape index (κ3) is 3.35. The quantitative estimate of drug-likeness (QED) is 0.642. The van der Waals surface area contributed by atoms with E-state index in [-0.39, 0.29) is 12.3 Å². The van der Waals surface area contributed by atoms with E-state index in [2.05, 4.69) is 4.18 Å². The Bertz CT molecular complexity index is 494. The first-order chi connectivity index (χ1) is 7.65. The zero-order valence-corrected chi connectivity index (χ0v) is 10.4. The van der Waals surface area contributed by atoms with Gasteiger partial charge < -0.3 is 8.92 Å². The molecule has 1 amide bonds. The minimum Gasteiger partial charge on any atom is -0.443 e. The maximum absolute atomic E-state index is 11.6. The Morgan fingerprint density at radius 2 is 2.18 bits per heavy atom. The first kappa shape index (κ1) is 13.3. The van der Waals surface area contributed by atoms with Gasteiger partial charge in [0.2, 0.25) is 5.76 Å². The van der Waals surface area contributed by atoms with Crippen LogP contribution in [0, 0.1) is 11.3 Å². The van der Waals surface area contributed by atoms with E-state index in [0.29, 0.717) is 4.31 Å². The number of ether oxygens (including phenoxy) is 1. The average molecular weight is 260 g/mol. The molecule has 0 saturated heterocycles. The van der Waals surface area contributed by atoms with Crippen molar-refractivity contribution in [2.75, 3.05) is 6.54 Å². The lowest BCUT2D eigenvalue weighted by molar-refractivity contribution is 0.0384. The predicted molar refractivity (Wildman–Crippen MR) is 56.6 cm³/mol. The number of carbonyl (C=O) groups is 1. The van der Waals surface area contributed by atoms with E-state index in [4.69, 9.17) is 10.00 Å². The lowest BCUT2D eigenvalue weighted by Gasteiger charge is -2.27. The summed E-state index contributed by atoms with van der Waals surface area (Å²) in [5.41, 5.74) is -0.814. The summed E-state index contributed by atoms with van der Waals surface area (Å²) in [6.45, 7) is 4.55. The molecule has 1 aliphatic heterocycles. The van der Waals surface area contributed by atoms with Crippen molar-refractivity contribution < 1.29 is 22.1 Å². The van der Waals surface area contributed by atoms with Gasteiger partial charge in [-0.2, -0.15) is 18.0 Å². The van der Waals surface area contributed by atoms with Crippen molar-refractivity contribution in [3.05, 3.63) is 11.8 Å². The molecule has 8 heteroatoms. The van der Waals surface area contributed by atoms with Crippen LogP contribution in [0.1, 0.15) is 20.8 Å². The molecule has 17 heavy (non-hydrogen) atoms. The van der Waals surface area contributed by atoms with Gasteiger partial charge in [-0.3, -0.25) is 0 Å². The van der Waals surface area contributed by atoms with Crippen LogP contribution in [-0.4, -0.2) is 31.0 Å². The average Bonchev–Trinajstić information content (AvgIpc) is 2.12. The van der Waals surface area contributed by atoms with Gasteiger partial charge in [0.25, 0.3) is 0 Å². The number of amides is 1. The molecule has 0 atom stereocenters. The monoisotopic (exact) mass is 260 g/mol. The Morgan fingerprint density at radius 1 is 1.59 bits per heavy atom. The molecule has 0 spiro atoms. The molecule has 0 unspecified atom stereocenters. The highest BCUT2D eigenvalue weighted by Gasteiger charge is 2.36. The summed E-state index contributed by atoms with van der Waals surface area (Å²) in [5.74, 6) is -0.357. The number of hydrogen-bond acceptors (Lipinski definition) is 6. The first-order valence-electron chi connectivity index (χ1n) is 4.71. The standard InChI is InChI=1S/C9H12N2O5S/c1-9(2,3)15-8(12)11-5-4-7(6-10)16-17(11,13)14/h4H,5H2,1-3H3. The van der Waals surface area contributed by atoms with Gasteiger partial charge in [0.15, 0.2) is 0 Å². The zero-order chi connectivity index (χ0) is 13.3. The lowest BCUT2D eigenvalue weighted by atomic mass is 10.2. The summed E-state index contributed by atoms with van der Waals surface area (Å²) in [7, 11) is -4.29. The predicted octanol–water partition coefficient (Wildman–Crippen LogP) is 0.906. The van der Waals surface area contributed by atoms with E-state index >= 15 is 0 Å². The van der Waals surface area contributed by atoms with Crippen molar-refractivity contribution in [1.29, 1.82) is 5.26 Å². The molecule has 0 radical (unpaired) electrons. The summed E-state index contributed by atoms with van der Waals surface area (Å²) in [4.78, 5) is 11.6. The molecule has 0 fully saturated rings. The Hall–Kier alpha value is -1.75. The Morgan fingerprint density at radius 3 is 2.59 bits per heavy atom. The van der Waals surface area contributed by atoms with Gasteiger partial charge in [0.05, 0.1) is 6.54 Å². The van der Waals surface area contributed by atoms with Crippen LogP contribution in [0.2, 0.25) is 0 Å². The Balaban J connectivity index is 2.91. The van der Waals surface area contributed by atoms with Crippen LogP contribution in [-0.2, 0) is 19.2 Å². The second kappa shape index (κ2) is 4.25. The normalized spacial score (nSPS) is 18.7. The van der Waals surface area contributed by atoms with Crippen molar-refractivity contribution in [2.45, 2.75) is 26.4 Å². The van der Waals surface area contributed by atoms with Crippen LogP contribution in [0.25, 0.3) is 0 Å². The van der Waals surface area contributed by atoms with E-state index in [1.165, 1.54) is 6.08 Å². The van der Waals surface area contributed by atoms with Crippen LogP contribution < -0.4 is 0 Å². The van der Waals surface area contributed by atoms with Gasteiger partial charge in [-0.05, 0) is 26.8 Å². The second-order valence-electron chi connectivity index (χ2n) is 4.23. The minimum atomic E-state index is -4.29. The van der Waals surface area contributed by atoms with Crippen molar-refractivity contribution in [3.63, 3.8) is 0 Å². The van der Waals surface area contributed by atoms with Crippen molar-refractivity contribution in [2.24, 2.45) is 0 Å². The first-order valence-corrected chi connectivity index (χ1v) is 6.07. The number of carbonyl (C=O) groups excluding carboxylic acids is 1. The maximum Gasteiger partial charge on any atom is 0.427 e. The molecule has 0 aromatic heterocycles. The number of nitriles is 1. The maximum atomic E-state index is 11.6. The molecular weight excluding hydrogens is 248 g/mol. The van der Waals surface area contributed by atoms with Crippen LogP contribution in [0.5, 0.6) is 0 Å². The van der Waals surface area contributed by atoms with Gasteiger partial charge >= 0.3 is 16.4 Å². The molecule has 94 valence electrons. The van der Waals surface area contributed by atoms with Gasteiger partial charge in [-0.1, -0.05) is 0 Å².